The van der Waals surface area contributed by atoms with Crippen LogP contribution < -0.4 is 5.32 Å². The maximum Gasteiger partial charge on any atom is 0.127 e. The Labute approximate surface area is 114 Å². The Kier molecular flexibility index (Phi) is 4.93. The summed E-state index contributed by atoms with van der Waals surface area (Å²) in [7, 11) is 0. The van der Waals surface area contributed by atoms with Crippen molar-refractivity contribution in [1.29, 1.82) is 5.26 Å². The number of nitrogens with zero attached hydrogens (tertiary/aromatic N) is 1. The summed E-state index contributed by atoms with van der Waals surface area (Å²) in [4.78, 5) is 0. The molecule has 0 bridgehead atoms. The van der Waals surface area contributed by atoms with E-state index in [0.717, 1.165) is 0 Å². The molecule has 1 aromatic carbocycles. The van der Waals surface area contributed by atoms with E-state index in [-0.39, 0.29) is 5.82 Å². The summed E-state index contributed by atoms with van der Waals surface area (Å²) in [5, 5.41) is 12.3. The van der Waals surface area contributed by atoms with Gasteiger partial charge < -0.3 is 5.32 Å². The van der Waals surface area contributed by atoms with Crippen molar-refractivity contribution in [2.24, 2.45) is 5.92 Å². The molecular formula is C16H21FN2. The van der Waals surface area contributed by atoms with Crippen molar-refractivity contribution in [3.8, 4) is 6.07 Å². The maximum absolute atomic E-state index is 13.6. The highest BCUT2D eigenvalue weighted by Crippen LogP contribution is 2.26. The zero-order valence-corrected chi connectivity index (χ0v) is 11.5. The number of benzene rings is 1. The van der Waals surface area contributed by atoms with Gasteiger partial charge in [-0.25, -0.2) is 4.39 Å². The molecule has 2 rings (SSSR count). The fourth-order valence-electron chi connectivity index (χ4n) is 2.85. The lowest BCUT2D eigenvalue weighted by Crippen LogP contribution is -2.34. The van der Waals surface area contributed by atoms with Gasteiger partial charge in [0.05, 0.1) is 11.6 Å². The number of nitrogens with one attached hydrogen (secondary N) is 1. The summed E-state index contributed by atoms with van der Waals surface area (Å²) in [5.74, 6) is 0.471. The van der Waals surface area contributed by atoms with Crippen molar-refractivity contribution < 1.29 is 4.39 Å². The van der Waals surface area contributed by atoms with Crippen LogP contribution in [-0.2, 0) is 6.54 Å². The molecule has 2 nitrogen and oxygen atoms in total. The molecular weight excluding hydrogens is 239 g/mol. The molecule has 1 unspecified atom stereocenters. The van der Waals surface area contributed by atoms with Crippen LogP contribution in [0, 0.1) is 23.1 Å². The first-order chi connectivity index (χ1) is 9.20. The monoisotopic (exact) mass is 260 g/mol. The Morgan fingerprint density at radius 3 is 2.79 bits per heavy atom. The average Bonchev–Trinajstić information content (AvgIpc) is 2.47. The van der Waals surface area contributed by atoms with Crippen LogP contribution in [0.4, 0.5) is 4.39 Å². The molecule has 0 aliphatic heterocycles. The summed E-state index contributed by atoms with van der Waals surface area (Å²) < 4.78 is 13.6. The molecule has 0 aromatic heterocycles. The quantitative estimate of drug-likeness (QED) is 0.894. The second-order valence-electron chi connectivity index (χ2n) is 5.49. The first-order valence-corrected chi connectivity index (χ1v) is 7.12. The third-order valence-electron chi connectivity index (χ3n) is 4.15. The van der Waals surface area contributed by atoms with E-state index in [1.165, 1.54) is 44.2 Å². The molecule has 1 saturated carbocycles. The molecule has 1 aromatic rings. The van der Waals surface area contributed by atoms with Crippen LogP contribution in [0.1, 0.15) is 50.2 Å². The van der Waals surface area contributed by atoms with Crippen LogP contribution in [0.25, 0.3) is 0 Å². The van der Waals surface area contributed by atoms with Crippen molar-refractivity contribution >= 4 is 0 Å². The van der Waals surface area contributed by atoms with Gasteiger partial charge in [-0.2, -0.15) is 5.26 Å². The van der Waals surface area contributed by atoms with E-state index in [2.05, 4.69) is 18.3 Å². The minimum Gasteiger partial charge on any atom is -0.310 e. The Morgan fingerprint density at radius 2 is 2.11 bits per heavy atom. The van der Waals surface area contributed by atoms with Gasteiger partial charge >= 0.3 is 0 Å². The van der Waals surface area contributed by atoms with E-state index in [1.807, 2.05) is 0 Å². The van der Waals surface area contributed by atoms with Crippen molar-refractivity contribution in [2.75, 3.05) is 0 Å². The van der Waals surface area contributed by atoms with E-state index >= 15 is 0 Å². The normalized spacial score (nSPS) is 17.9. The summed E-state index contributed by atoms with van der Waals surface area (Å²) in [6.45, 7) is 2.68. The van der Waals surface area contributed by atoms with Gasteiger partial charge in [0.15, 0.2) is 0 Å². The van der Waals surface area contributed by atoms with E-state index in [1.54, 1.807) is 6.07 Å². The molecule has 0 spiro atoms. The second kappa shape index (κ2) is 6.68. The smallest absolute Gasteiger partial charge is 0.127 e. The first kappa shape index (κ1) is 14.0. The topological polar surface area (TPSA) is 35.8 Å². The molecule has 1 fully saturated rings. The van der Waals surface area contributed by atoms with Gasteiger partial charge in [0.25, 0.3) is 0 Å². The summed E-state index contributed by atoms with van der Waals surface area (Å²) in [6.07, 6.45) is 6.52. The SMILES string of the molecule is CC(NCc1cc(C#N)ccc1F)C1CCCCC1. The van der Waals surface area contributed by atoms with Crippen LogP contribution in [0.2, 0.25) is 0 Å². The Balaban J connectivity index is 1.92. The molecule has 0 amide bonds. The van der Waals surface area contributed by atoms with Crippen molar-refractivity contribution in [1.82, 2.24) is 5.32 Å². The Hall–Kier alpha value is -1.40. The van der Waals surface area contributed by atoms with E-state index in [0.29, 0.717) is 29.6 Å². The van der Waals surface area contributed by atoms with Gasteiger partial charge in [-0.1, -0.05) is 19.3 Å². The molecule has 1 aliphatic carbocycles. The standard InChI is InChI=1S/C16H21FN2/c1-12(14-5-3-2-4-6-14)19-11-15-9-13(10-18)7-8-16(15)17/h7-9,12,14,19H,2-6,11H2,1H3. The lowest BCUT2D eigenvalue weighted by atomic mass is 9.84. The van der Waals surface area contributed by atoms with Crippen LogP contribution >= 0.6 is 0 Å². The van der Waals surface area contributed by atoms with Crippen molar-refractivity contribution in [2.45, 2.75) is 51.6 Å². The van der Waals surface area contributed by atoms with Crippen LogP contribution in [0.5, 0.6) is 0 Å². The Morgan fingerprint density at radius 1 is 1.37 bits per heavy atom. The van der Waals surface area contributed by atoms with Crippen molar-refractivity contribution in [3.05, 3.63) is 35.1 Å². The zero-order valence-electron chi connectivity index (χ0n) is 11.5. The van der Waals surface area contributed by atoms with E-state index < -0.39 is 0 Å². The third kappa shape index (κ3) is 3.78. The minimum absolute atomic E-state index is 0.234. The minimum atomic E-state index is -0.234. The molecule has 0 radical (unpaired) electrons. The van der Waals surface area contributed by atoms with E-state index in [4.69, 9.17) is 5.26 Å². The molecule has 1 atom stereocenters. The number of hydrogen-bond donors (Lipinski definition) is 1. The largest absolute Gasteiger partial charge is 0.310 e. The predicted octanol–water partition coefficient (Wildman–Crippen LogP) is 3.76. The molecule has 0 heterocycles. The average molecular weight is 260 g/mol. The lowest BCUT2D eigenvalue weighted by Gasteiger charge is -2.28. The number of halogens is 1. The first-order valence-electron chi connectivity index (χ1n) is 7.12. The highest BCUT2D eigenvalue weighted by molar-refractivity contribution is 5.33. The van der Waals surface area contributed by atoms with Gasteiger partial charge in [0.1, 0.15) is 5.82 Å². The maximum atomic E-state index is 13.6. The summed E-state index contributed by atoms with van der Waals surface area (Å²) in [5.41, 5.74) is 1.10. The predicted molar refractivity (Wildman–Crippen MR) is 74.0 cm³/mol. The van der Waals surface area contributed by atoms with Gasteiger partial charge in [-0.05, 0) is 43.9 Å². The highest BCUT2D eigenvalue weighted by Gasteiger charge is 2.19. The van der Waals surface area contributed by atoms with Crippen LogP contribution in [0.15, 0.2) is 18.2 Å². The molecule has 1 N–H and O–H groups in total. The zero-order chi connectivity index (χ0) is 13.7. The number of rotatable bonds is 4. The molecule has 3 heteroatoms. The number of hydrogen-bond acceptors (Lipinski definition) is 2. The molecule has 1 aliphatic rings. The number of nitriles is 1. The molecule has 19 heavy (non-hydrogen) atoms. The fraction of sp³-hybridized carbons (Fsp3) is 0.562. The van der Waals surface area contributed by atoms with Crippen LogP contribution in [-0.4, -0.2) is 6.04 Å². The van der Waals surface area contributed by atoms with Gasteiger partial charge in [-0.3, -0.25) is 0 Å². The second-order valence-corrected chi connectivity index (χ2v) is 5.49. The fourth-order valence-corrected chi connectivity index (χ4v) is 2.85. The third-order valence-corrected chi connectivity index (χ3v) is 4.15. The lowest BCUT2D eigenvalue weighted by molar-refractivity contribution is 0.280. The highest BCUT2D eigenvalue weighted by atomic mass is 19.1. The molecule has 102 valence electrons. The van der Waals surface area contributed by atoms with Gasteiger partial charge in [0.2, 0.25) is 0 Å². The summed E-state index contributed by atoms with van der Waals surface area (Å²) in [6, 6.07) is 6.99. The van der Waals surface area contributed by atoms with E-state index in [9.17, 15) is 4.39 Å². The van der Waals surface area contributed by atoms with Crippen molar-refractivity contribution in [3.63, 3.8) is 0 Å². The van der Waals surface area contributed by atoms with Gasteiger partial charge in [-0.15, -0.1) is 0 Å². The Bertz CT molecular complexity index is 458. The summed E-state index contributed by atoms with van der Waals surface area (Å²) >= 11 is 0. The molecule has 0 saturated heterocycles. The van der Waals surface area contributed by atoms with Crippen LogP contribution in [0.3, 0.4) is 0 Å². The van der Waals surface area contributed by atoms with Gasteiger partial charge in [0, 0.05) is 18.2 Å².